The van der Waals surface area contributed by atoms with Crippen molar-refractivity contribution in [2.24, 2.45) is 5.73 Å². The van der Waals surface area contributed by atoms with Gasteiger partial charge in [0, 0.05) is 24.5 Å². The highest BCUT2D eigenvalue weighted by atomic mass is 19.1. The summed E-state index contributed by atoms with van der Waals surface area (Å²) >= 11 is 0. The van der Waals surface area contributed by atoms with Gasteiger partial charge in [0.25, 0.3) is 0 Å². The number of pyridine rings is 1. The van der Waals surface area contributed by atoms with Crippen LogP contribution in [0.15, 0.2) is 24.5 Å². The predicted molar refractivity (Wildman–Crippen MR) is 51.0 cm³/mol. The summed E-state index contributed by atoms with van der Waals surface area (Å²) in [4.78, 5) is 3.89. The Morgan fingerprint density at radius 2 is 2.38 bits per heavy atom. The molecule has 0 aliphatic carbocycles. The first kappa shape index (κ1) is 10.1. The average Bonchev–Trinajstić information content (AvgIpc) is 2.19. The molecule has 3 heteroatoms. The first-order chi connectivity index (χ1) is 6.23. The van der Waals surface area contributed by atoms with E-state index in [0.29, 0.717) is 12.0 Å². The van der Waals surface area contributed by atoms with Gasteiger partial charge >= 0.3 is 0 Å². The van der Waals surface area contributed by atoms with Crippen molar-refractivity contribution in [3.63, 3.8) is 0 Å². The standard InChI is InChI=1S/C10H15FN2/c1-2-5-10(11,8-12)9-4-3-6-13-7-9/h3-4,6-7H,2,5,8,12H2,1H3. The van der Waals surface area contributed by atoms with Gasteiger partial charge in [-0.25, -0.2) is 4.39 Å². The lowest BCUT2D eigenvalue weighted by molar-refractivity contribution is 0.159. The highest BCUT2D eigenvalue weighted by Gasteiger charge is 2.29. The number of hydrogen-bond donors (Lipinski definition) is 1. The van der Waals surface area contributed by atoms with E-state index in [1.54, 1.807) is 24.5 Å². The van der Waals surface area contributed by atoms with Gasteiger partial charge in [0.1, 0.15) is 5.67 Å². The quantitative estimate of drug-likeness (QED) is 0.773. The third-order valence-corrected chi connectivity index (χ3v) is 2.15. The molecule has 0 radical (unpaired) electrons. The maximum Gasteiger partial charge on any atom is 0.149 e. The fourth-order valence-corrected chi connectivity index (χ4v) is 1.39. The molecule has 1 unspecified atom stereocenters. The van der Waals surface area contributed by atoms with Gasteiger partial charge in [0.2, 0.25) is 0 Å². The highest BCUT2D eigenvalue weighted by molar-refractivity contribution is 5.18. The summed E-state index contributed by atoms with van der Waals surface area (Å²) < 4.78 is 14.1. The molecule has 2 N–H and O–H groups in total. The van der Waals surface area contributed by atoms with Crippen LogP contribution >= 0.6 is 0 Å². The van der Waals surface area contributed by atoms with E-state index in [0.717, 1.165) is 6.42 Å². The number of aromatic nitrogens is 1. The minimum atomic E-state index is -1.40. The number of halogens is 1. The summed E-state index contributed by atoms with van der Waals surface area (Å²) in [6.45, 7) is 1.97. The number of nitrogens with two attached hydrogens (primary N) is 1. The smallest absolute Gasteiger partial charge is 0.149 e. The molecule has 0 aliphatic rings. The topological polar surface area (TPSA) is 38.9 Å². The van der Waals surface area contributed by atoms with E-state index in [2.05, 4.69) is 4.98 Å². The summed E-state index contributed by atoms with van der Waals surface area (Å²) in [5.41, 5.74) is 4.61. The van der Waals surface area contributed by atoms with Gasteiger partial charge < -0.3 is 5.73 Å². The van der Waals surface area contributed by atoms with Gasteiger partial charge in [-0.2, -0.15) is 0 Å². The van der Waals surface area contributed by atoms with Crippen LogP contribution < -0.4 is 5.73 Å². The largest absolute Gasteiger partial charge is 0.327 e. The van der Waals surface area contributed by atoms with Gasteiger partial charge in [-0.3, -0.25) is 4.98 Å². The monoisotopic (exact) mass is 182 g/mol. The molecule has 0 saturated carbocycles. The number of nitrogens with zero attached hydrogens (tertiary/aromatic N) is 1. The highest BCUT2D eigenvalue weighted by Crippen LogP contribution is 2.29. The molecule has 1 atom stereocenters. The Kier molecular flexibility index (Phi) is 3.37. The normalized spacial score (nSPS) is 15.3. The molecule has 1 aromatic heterocycles. The van der Waals surface area contributed by atoms with Crippen LogP contribution in [-0.4, -0.2) is 11.5 Å². The molecular formula is C10H15FN2. The van der Waals surface area contributed by atoms with E-state index < -0.39 is 5.67 Å². The van der Waals surface area contributed by atoms with Gasteiger partial charge in [0.15, 0.2) is 0 Å². The molecule has 2 nitrogen and oxygen atoms in total. The second kappa shape index (κ2) is 4.33. The molecule has 0 aliphatic heterocycles. The molecule has 1 aromatic rings. The minimum Gasteiger partial charge on any atom is -0.327 e. The molecule has 1 heterocycles. The van der Waals surface area contributed by atoms with Crippen molar-refractivity contribution >= 4 is 0 Å². The zero-order valence-corrected chi connectivity index (χ0v) is 7.83. The molecular weight excluding hydrogens is 167 g/mol. The number of hydrogen-bond acceptors (Lipinski definition) is 2. The molecule has 0 fully saturated rings. The van der Waals surface area contributed by atoms with E-state index in [4.69, 9.17) is 5.73 Å². The molecule has 72 valence electrons. The Balaban J connectivity index is 2.89. The third-order valence-electron chi connectivity index (χ3n) is 2.15. The van der Waals surface area contributed by atoms with Crippen LogP contribution in [0.4, 0.5) is 4.39 Å². The molecule has 0 spiro atoms. The lowest BCUT2D eigenvalue weighted by Gasteiger charge is -2.22. The second-order valence-electron chi connectivity index (χ2n) is 3.16. The fourth-order valence-electron chi connectivity index (χ4n) is 1.39. The van der Waals surface area contributed by atoms with Crippen LogP contribution in [0.1, 0.15) is 25.3 Å². The maximum absolute atomic E-state index is 14.1. The second-order valence-corrected chi connectivity index (χ2v) is 3.16. The maximum atomic E-state index is 14.1. The first-order valence-electron chi connectivity index (χ1n) is 4.52. The van der Waals surface area contributed by atoms with Crippen LogP contribution in [0, 0.1) is 0 Å². The van der Waals surface area contributed by atoms with Crippen LogP contribution in [0.25, 0.3) is 0 Å². The van der Waals surface area contributed by atoms with Crippen LogP contribution in [0.3, 0.4) is 0 Å². The SMILES string of the molecule is CCCC(F)(CN)c1cccnc1. The predicted octanol–water partition coefficient (Wildman–Crippen LogP) is 2.01. The Morgan fingerprint density at radius 1 is 1.62 bits per heavy atom. The third kappa shape index (κ3) is 2.25. The summed E-state index contributed by atoms with van der Waals surface area (Å²) in [7, 11) is 0. The lowest BCUT2D eigenvalue weighted by Crippen LogP contribution is -2.30. The van der Waals surface area contributed by atoms with Crippen molar-refractivity contribution in [1.82, 2.24) is 4.98 Å². The lowest BCUT2D eigenvalue weighted by atomic mass is 9.93. The summed E-state index contributed by atoms with van der Waals surface area (Å²) in [5, 5.41) is 0. The van der Waals surface area contributed by atoms with Gasteiger partial charge in [0.05, 0.1) is 0 Å². The summed E-state index contributed by atoms with van der Waals surface area (Å²) in [5.74, 6) is 0. The molecule has 0 amide bonds. The molecule has 0 bridgehead atoms. The van der Waals surface area contributed by atoms with E-state index in [9.17, 15) is 4.39 Å². The Bertz CT molecular complexity index is 250. The van der Waals surface area contributed by atoms with E-state index in [1.807, 2.05) is 6.92 Å². The summed E-state index contributed by atoms with van der Waals surface area (Å²) in [6.07, 6.45) is 4.41. The van der Waals surface area contributed by atoms with Crippen LogP contribution in [-0.2, 0) is 5.67 Å². The summed E-state index contributed by atoms with van der Waals surface area (Å²) in [6, 6.07) is 3.46. The first-order valence-corrected chi connectivity index (χ1v) is 4.52. The Hall–Kier alpha value is -0.960. The van der Waals surface area contributed by atoms with Crippen molar-refractivity contribution in [2.75, 3.05) is 6.54 Å². The molecule has 1 rings (SSSR count). The van der Waals surface area contributed by atoms with E-state index >= 15 is 0 Å². The Morgan fingerprint density at radius 3 is 2.85 bits per heavy atom. The zero-order valence-electron chi connectivity index (χ0n) is 7.83. The van der Waals surface area contributed by atoms with E-state index in [-0.39, 0.29) is 6.54 Å². The van der Waals surface area contributed by atoms with Gasteiger partial charge in [-0.05, 0) is 12.5 Å². The Labute approximate surface area is 78.0 Å². The molecule has 13 heavy (non-hydrogen) atoms. The van der Waals surface area contributed by atoms with Crippen molar-refractivity contribution < 1.29 is 4.39 Å². The van der Waals surface area contributed by atoms with Crippen LogP contribution in [0.5, 0.6) is 0 Å². The van der Waals surface area contributed by atoms with Crippen LogP contribution in [0.2, 0.25) is 0 Å². The van der Waals surface area contributed by atoms with Gasteiger partial charge in [-0.15, -0.1) is 0 Å². The minimum absolute atomic E-state index is 0.0204. The average molecular weight is 182 g/mol. The fraction of sp³-hybridized carbons (Fsp3) is 0.500. The zero-order chi connectivity index (χ0) is 9.73. The van der Waals surface area contributed by atoms with Crippen molar-refractivity contribution in [3.05, 3.63) is 30.1 Å². The number of alkyl halides is 1. The molecule has 0 saturated heterocycles. The number of rotatable bonds is 4. The van der Waals surface area contributed by atoms with E-state index in [1.165, 1.54) is 0 Å². The molecule has 0 aromatic carbocycles. The van der Waals surface area contributed by atoms with Crippen molar-refractivity contribution in [2.45, 2.75) is 25.4 Å². The van der Waals surface area contributed by atoms with Gasteiger partial charge in [-0.1, -0.05) is 19.4 Å². The van der Waals surface area contributed by atoms with Crippen molar-refractivity contribution in [3.8, 4) is 0 Å². The van der Waals surface area contributed by atoms with Crippen molar-refractivity contribution in [1.29, 1.82) is 0 Å².